The van der Waals surface area contributed by atoms with Crippen LogP contribution in [0.1, 0.15) is 25.0 Å². The van der Waals surface area contributed by atoms with Gasteiger partial charge in [-0.2, -0.15) is 0 Å². The molecule has 1 aliphatic heterocycles. The molecule has 1 heterocycles. The normalized spacial score (nSPS) is 18.9. The Morgan fingerprint density at radius 3 is 2.25 bits per heavy atom. The molecule has 1 aromatic rings. The minimum atomic E-state index is -0.418. The molecule has 0 amide bonds. The maximum atomic E-state index is 10.3. The van der Waals surface area contributed by atoms with Crippen molar-refractivity contribution in [3.05, 3.63) is 29.8 Å². The Morgan fingerprint density at radius 1 is 1.10 bits per heavy atom. The number of rotatable bonds is 6. The molecular weight excluding hydrogens is 252 g/mol. The monoisotopic (exact) mass is 278 g/mol. The third-order valence-electron chi connectivity index (χ3n) is 3.94. The first-order valence-corrected chi connectivity index (χ1v) is 7.49. The number of ether oxygens (including phenoxy) is 1. The van der Waals surface area contributed by atoms with Gasteiger partial charge in [0.15, 0.2) is 0 Å². The zero-order valence-corrected chi connectivity index (χ0v) is 12.6. The van der Waals surface area contributed by atoms with E-state index in [9.17, 15) is 5.11 Å². The molecule has 0 spiro atoms. The summed E-state index contributed by atoms with van der Waals surface area (Å²) in [5, 5.41) is 10.3. The second-order valence-electron chi connectivity index (χ2n) is 5.43. The van der Waals surface area contributed by atoms with Crippen molar-refractivity contribution in [3.63, 3.8) is 0 Å². The van der Waals surface area contributed by atoms with Crippen molar-refractivity contribution in [3.8, 4) is 5.75 Å². The molecular formula is C16H26N2O2. The highest BCUT2D eigenvalue weighted by Gasteiger charge is 2.19. The average Bonchev–Trinajstić information content (AvgIpc) is 2.49. The number of hydrogen-bond donors (Lipinski definition) is 1. The van der Waals surface area contributed by atoms with Crippen LogP contribution in [-0.4, -0.2) is 61.3 Å². The lowest BCUT2D eigenvalue weighted by Crippen LogP contribution is -2.47. The molecule has 4 nitrogen and oxygen atoms in total. The van der Waals surface area contributed by atoms with Gasteiger partial charge >= 0.3 is 0 Å². The molecule has 0 radical (unpaired) electrons. The van der Waals surface area contributed by atoms with Gasteiger partial charge in [0.05, 0.1) is 13.2 Å². The number of aliphatic hydroxyl groups excluding tert-OH is 1. The first-order valence-electron chi connectivity index (χ1n) is 7.49. The van der Waals surface area contributed by atoms with Gasteiger partial charge in [0.25, 0.3) is 0 Å². The first kappa shape index (κ1) is 15.3. The molecule has 1 atom stereocenters. The summed E-state index contributed by atoms with van der Waals surface area (Å²) in [6, 6.07) is 7.68. The lowest BCUT2D eigenvalue weighted by Gasteiger charge is -2.35. The summed E-state index contributed by atoms with van der Waals surface area (Å²) >= 11 is 0. The number of methoxy groups -OCH3 is 1. The standard InChI is InChI=1S/C16H26N2O2/c1-3-8-17-9-11-18(12-10-17)13-16(19)14-4-6-15(20-2)7-5-14/h4-7,16,19H,3,8-13H2,1-2H3. The van der Waals surface area contributed by atoms with Crippen molar-refractivity contribution in [1.29, 1.82) is 0 Å². The van der Waals surface area contributed by atoms with E-state index in [-0.39, 0.29) is 0 Å². The number of nitrogens with zero attached hydrogens (tertiary/aromatic N) is 2. The molecule has 4 heteroatoms. The summed E-state index contributed by atoms with van der Waals surface area (Å²) < 4.78 is 5.14. The highest BCUT2D eigenvalue weighted by molar-refractivity contribution is 5.28. The second-order valence-corrected chi connectivity index (χ2v) is 5.43. The Morgan fingerprint density at radius 2 is 1.70 bits per heavy atom. The predicted molar refractivity (Wildman–Crippen MR) is 81.1 cm³/mol. The fraction of sp³-hybridized carbons (Fsp3) is 0.625. The molecule has 0 saturated carbocycles. The number of piperazine rings is 1. The first-order chi connectivity index (χ1) is 9.72. The van der Waals surface area contributed by atoms with Crippen molar-refractivity contribution >= 4 is 0 Å². The number of benzene rings is 1. The zero-order valence-electron chi connectivity index (χ0n) is 12.6. The molecule has 1 unspecified atom stereocenters. The smallest absolute Gasteiger partial charge is 0.118 e. The van der Waals surface area contributed by atoms with Gasteiger partial charge in [-0.05, 0) is 30.7 Å². The van der Waals surface area contributed by atoms with Crippen LogP contribution in [0.2, 0.25) is 0 Å². The van der Waals surface area contributed by atoms with E-state index in [2.05, 4.69) is 16.7 Å². The predicted octanol–water partition coefficient (Wildman–Crippen LogP) is 1.76. The maximum Gasteiger partial charge on any atom is 0.118 e. The molecule has 1 aliphatic rings. The van der Waals surface area contributed by atoms with Crippen molar-refractivity contribution in [2.75, 3.05) is 46.4 Å². The SMILES string of the molecule is CCCN1CCN(CC(O)c2ccc(OC)cc2)CC1. The molecule has 2 rings (SSSR count). The zero-order chi connectivity index (χ0) is 14.4. The molecule has 1 aromatic carbocycles. The van der Waals surface area contributed by atoms with Crippen LogP contribution in [0.4, 0.5) is 0 Å². The molecule has 0 aliphatic carbocycles. The van der Waals surface area contributed by atoms with Crippen molar-refractivity contribution in [2.24, 2.45) is 0 Å². The number of hydrogen-bond acceptors (Lipinski definition) is 4. The van der Waals surface area contributed by atoms with Crippen LogP contribution in [0, 0.1) is 0 Å². The largest absolute Gasteiger partial charge is 0.497 e. The molecule has 1 N–H and O–H groups in total. The Labute approximate surface area is 122 Å². The quantitative estimate of drug-likeness (QED) is 0.860. The van der Waals surface area contributed by atoms with Crippen LogP contribution in [0.5, 0.6) is 5.75 Å². The Bertz CT molecular complexity index is 386. The van der Waals surface area contributed by atoms with Gasteiger partial charge < -0.3 is 14.7 Å². The summed E-state index contributed by atoms with van der Waals surface area (Å²) in [5.41, 5.74) is 0.960. The molecule has 20 heavy (non-hydrogen) atoms. The van der Waals surface area contributed by atoms with E-state index < -0.39 is 6.10 Å². The molecule has 1 fully saturated rings. The van der Waals surface area contributed by atoms with Crippen LogP contribution in [0.15, 0.2) is 24.3 Å². The van der Waals surface area contributed by atoms with Crippen LogP contribution in [0.25, 0.3) is 0 Å². The van der Waals surface area contributed by atoms with Crippen LogP contribution >= 0.6 is 0 Å². The van der Waals surface area contributed by atoms with Crippen LogP contribution in [-0.2, 0) is 0 Å². The summed E-state index contributed by atoms with van der Waals surface area (Å²) in [5.74, 6) is 0.828. The minimum absolute atomic E-state index is 0.418. The van der Waals surface area contributed by atoms with Crippen molar-refractivity contribution in [2.45, 2.75) is 19.4 Å². The fourth-order valence-electron chi connectivity index (χ4n) is 2.69. The molecule has 112 valence electrons. The van der Waals surface area contributed by atoms with E-state index >= 15 is 0 Å². The van der Waals surface area contributed by atoms with E-state index in [4.69, 9.17) is 4.74 Å². The average molecular weight is 278 g/mol. The maximum absolute atomic E-state index is 10.3. The lowest BCUT2D eigenvalue weighted by atomic mass is 10.1. The third-order valence-corrected chi connectivity index (χ3v) is 3.94. The Kier molecular flexibility index (Phi) is 5.83. The Hall–Kier alpha value is -1.10. The summed E-state index contributed by atoms with van der Waals surface area (Å²) in [7, 11) is 1.65. The van der Waals surface area contributed by atoms with E-state index in [0.29, 0.717) is 6.54 Å². The topological polar surface area (TPSA) is 35.9 Å². The highest BCUT2D eigenvalue weighted by Crippen LogP contribution is 2.19. The number of β-amino-alcohol motifs (C(OH)–C–C–N with tert-alkyl or cyclic N) is 1. The van der Waals surface area contributed by atoms with Gasteiger partial charge in [-0.1, -0.05) is 19.1 Å². The van der Waals surface area contributed by atoms with Crippen molar-refractivity contribution < 1.29 is 9.84 Å². The second kappa shape index (κ2) is 7.62. The van der Waals surface area contributed by atoms with Gasteiger partial charge in [-0.3, -0.25) is 4.90 Å². The molecule has 1 saturated heterocycles. The lowest BCUT2D eigenvalue weighted by molar-refractivity contribution is 0.0726. The van der Waals surface area contributed by atoms with Crippen LogP contribution in [0.3, 0.4) is 0 Å². The molecule has 0 bridgehead atoms. The van der Waals surface area contributed by atoms with E-state index in [0.717, 1.165) is 37.5 Å². The summed E-state index contributed by atoms with van der Waals surface area (Å²) in [4.78, 5) is 4.84. The van der Waals surface area contributed by atoms with Gasteiger partial charge in [0.2, 0.25) is 0 Å². The van der Waals surface area contributed by atoms with Gasteiger partial charge in [0.1, 0.15) is 5.75 Å². The van der Waals surface area contributed by atoms with Crippen LogP contribution < -0.4 is 4.74 Å². The van der Waals surface area contributed by atoms with Crippen molar-refractivity contribution in [1.82, 2.24) is 9.80 Å². The van der Waals surface area contributed by atoms with Gasteiger partial charge in [0, 0.05) is 32.7 Å². The molecule has 0 aromatic heterocycles. The van der Waals surface area contributed by atoms with Gasteiger partial charge in [-0.15, -0.1) is 0 Å². The van der Waals surface area contributed by atoms with Gasteiger partial charge in [-0.25, -0.2) is 0 Å². The fourth-order valence-corrected chi connectivity index (χ4v) is 2.69. The van der Waals surface area contributed by atoms with E-state index in [1.165, 1.54) is 13.0 Å². The third kappa shape index (κ3) is 4.20. The summed E-state index contributed by atoms with van der Waals surface area (Å²) in [6.07, 6.45) is 0.799. The highest BCUT2D eigenvalue weighted by atomic mass is 16.5. The minimum Gasteiger partial charge on any atom is -0.497 e. The Balaban J connectivity index is 1.81. The van der Waals surface area contributed by atoms with E-state index in [1.54, 1.807) is 7.11 Å². The van der Waals surface area contributed by atoms with E-state index in [1.807, 2.05) is 24.3 Å². The summed E-state index contributed by atoms with van der Waals surface area (Å²) in [6.45, 7) is 8.45. The number of aliphatic hydroxyl groups is 1.